The number of nitro groups is 1. The summed E-state index contributed by atoms with van der Waals surface area (Å²) in [6.07, 6.45) is 0.852. The second-order valence-corrected chi connectivity index (χ2v) is 7.03. The molecule has 0 aliphatic carbocycles. The summed E-state index contributed by atoms with van der Waals surface area (Å²) in [5.74, 6) is -0.267. The van der Waals surface area contributed by atoms with Crippen molar-refractivity contribution in [2.24, 2.45) is 0 Å². The molecule has 0 atom stereocenters. The van der Waals surface area contributed by atoms with Gasteiger partial charge in [0.1, 0.15) is 0 Å². The highest BCUT2D eigenvalue weighted by Crippen LogP contribution is 2.19. The van der Waals surface area contributed by atoms with Crippen molar-refractivity contribution in [2.75, 3.05) is 44.2 Å². The molecule has 28 heavy (non-hydrogen) atoms. The minimum atomic E-state index is -0.457. The minimum absolute atomic E-state index is 0.0241. The van der Waals surface area contributed by atoms with Crippen LogP contribution in [0.2, 0.25) is 0 Å². The predicted octanol–water partition coefficient (Wildman–Crippen LogP) is 2.85. The molecule has 7 heteroatoms. The van der Waals surface area contributed by atoms with Crippen LogP contribution in [0.15, 0.2) is 48.5 Å². The smallest absolute Gasteiger partial charge is 0.273 e. The zero-order valence-electron chi connectivity index (χ0n) is 16.1. The van der Waals surface area contributed by atoms with Gasteiger partial charge in [-0.15, -0.1) is 0 Å². The molecule has 148 valence electrons. The normalized spacial score (nSPS) is 14.7. The van der Waals surface area contributed by atoms with Crippen molar-refractivity contribution < 1.29 is 9.72 Å². The first kappa shape index (κ1) is 19.8. The number of nitrogens with one attached hydrogen (secondary N) is 1. The molecule has 0 saturated carbocycles. The lowest BCUT2D eigenvalue weighted by Crippen LogP contribution is -2.47. The van der Waals surface area contributed by atoms with Gasteiger partial charge in [0.2, 0.25) is 0 Å². The molecule has 3 rings (SSSR count). The molecule has 2 aromatic carbocycles. The van der Waals surface area contributed by atoms with Crippen molar-refractivity contribution in [3.05, 3.63) is 69.8 Å². The fourth-order valence-corrected chi connectivity index (χ4v) is 3.42. The van der Waals surface area contributed by atoms with Gasteiger partial charge in [-0.3, -0.25) is 19.8 Å². The number of anilines is 1. The van der Waals surface area contributed by atoms with Crippen LogP contribution < -0.4 is 10.2 Å². The molecule has 2 aromatic rings. The van der Waals surface area contributed by atoms with Gasteiger partial charge in [-0.1, -0.05) is 24.3 Å². The first-order chi connectivity index (χ1) is 13.5. The van der Waals surface area contributed by atoms with Crippen molar-refractivity contribution in [1.82, 2.24) is 10.2 Å². The number of para-hydroxylation sites is 1. The summed E-state index contributed by atoms with van der Waals surface area (Å²) in [5, 5.41) is 13.9. The summed E-state index contributed by atoms with van der Waals surface area (Å²) in [4.78, 5) is 27.6. The van der Waals surface area contributed by atoms with Crippen LogP contribution in [0.3, 0.4) is 0 Å². The summed E-state index contributed by atoms with van der Waals surface area (Å²) in [6, 6.07) is 15.0. The third kappa shape index (κ3) is 5.07. The Hall–Kier alpha value is -2.93. The number of amides is 1. The van der Waals surface area contributed by atoms with Crippen LogP contribution in [0.4, 0.5) is 11.4 Å². The SMILES string of the molecule is Cc1ccc(C(=O)NCCCN2CCN(c3ccccc3)CC2)cc1[N+](=O)[O-]. The number of nitro benzene ring substituents is 1. The molecule has 0 spiro atoms. The lowest BCUT2D eigenvalue weighted by molar-refractivity contribution is -0.385. The molecule has 1 saturated heterocycles. The van der Waals surface area contributed by atoms with Crippen molar-refractivity contribution >= 4 is 17.3 Å². The first-order valence-corrected chi connectivity index (χ1v) is 9.60. The van der Waals surface area contributed by atoms with Crippen molar-refractivity contribution in [3.8, 4) is 0 Å². The molecule has 0 aromatic heterocycles. The van der Waals surface area contributed by atoms with E-state index in [0.717, 1.165) is 39.1 Å². The Bertz CT molecular complexity index is 818. The van der Waals surface area contributed by atoms with Gasteiger partial charge in [-0.05, 0) is 38.1 Å². The molecule has 1 aliphatic heterocycles. The third-order valence-electron chi connectivity index (χ3n) is 5.10. The van der Waals surface area contributed by atoms with Crippen LogP contribution in [0, 0.1) is 17.0 Å². The average Bonchev–Trinajstić information content (AvgIpc) is 2.72. The lowest BCUT2D eigenvalue weighted by atomic mass is 10.1. The maximum Gasteiger partial charge on any atom is 0.273 e. The van der Waals surface area contributed by atoms with Crippen LogP contribution in [0.1, 0.15) is 22.3 Å². The van der Waals surface area contributed by atoms with E-state index in [1.807, 2.05) is 6.07 Å². The topological polar surface area (TPSA) is 78.7 Å². The minimum Gasteiger partial charge on any atom is -0.369 e. The number of hydrogen-bond acceptors (Lipinski definition) is 5. The van der Waals surface area contributed by atoms with Gasteiger partial charge in [-0.25, -0.2) is 0 Å². The standard InChI is InChI=1S/C21H26N4O3/c1-17-8-9-18(16-20(17)25(27)28)21(26)22-10-5-11-23-12-14-24(15-13-23)19-6-3-2-4-7-19/h2-4,6-9,16H,5,10-15H2,1H3,(H,22,26). The van der Waals surface area contributed by atoms with Crippen molar-refractivity contribution in [3.63, 3.8) is 0 Å². The summed E-state index contributed by atoms with van der Waals surface area (Å²) < 4.78 is 0. The van der Waals surface area contributed by atoms with Crippen LogP contribution >= 0.6 is 0 Å². The van der Waals surface area contributed by atoms with E-state index in [1.165, 1.54) is 11.8 Å². The summed E-state index contributed by atoms with van der Waals surface area (Å²) >= 11 is 0. The van der Waals surface area contributed by atoms with E-state index in [0.29, 0.717) is 17.7 Å². The zero-order chi connectivity index (χ0) is 19.9. The molecule has 1 N–H and O–H groups in total. The number of aryl methyl sites for hydroxylation is 1. The molecule has 1 amide bonds. The molecule has 0 unspecified atom stereocenters. The second-order valence-electron chi connectivity index (χ2n) is 7.03. The molecule has 0 radical (unpaired) electrons. The third-order valence-corrected chi connectivity index (χ3v) is 5.10. The number of hydrogen-bond donors (Lipinski definition) is 1. The highest BCUT2D eigenvalue weighted by molar-refractivity contribution is 5.94. The Morgan fingerprint density at radius 3 is 2.50 bits per heavy atom. The summed E-state index contributed by atoms with van der Waals surface area (Å²) in [7, 11) is 0. The maximum absolute atomic E-state index is 12.2. The van der Waals surface area contributed by atoms with Crippen molar-refractivity contribution in [1.29, 1.82) is 0 Å². The number of carbonyl (C=O) groups is 1. The number of benzene rings is 2. The van der Waals surface area contributed by atoms with Gasteiger partial charge >= 0.3 is 0 Å². The Morgan fingerprint density at radius 2 is 1.82 bits per heavy atom. The van der Waals surface area contributed by atoms with E-state index in [4.69, 9.17) is 0 Å². The van der Waals surface area contributed by atoms with Gasteiger partial charge in [0, 0.05) is 55.6 Å². The van der Waals surface area contributed by atoms with E-state index >= 15 is 0 Å². The zero-order valence-corrected chi connectivity index (χ0v) is 16.1. The Labute approximate surface area is 165 Å². The Kier molecular flexibility index (Phi) is 6.60. The molecule has 1 heterocycles. The number of rotatable bonds is 7. The highest BCUT2D eigenvalue weighted by atomic mass is 16.6. The highest BCUT2D eigenvalue weighted by Gasteiger charge is 2.17. The fourth-order valence-electron chi connectivity index (χ4n) is 3.42. The molecular formula is C21H26N4O3. The Balaban J connectivity index is 1.39. The van der Waals surface area contributed by atoms with Crippen molar-refractivity contribution in [2.45, 2.75) is 13.3 Å². The Morgan fingerprint density at radius 1 is 1.11 bits per heavy atom. The van der Waals surface area contributed by atoms with Crippen LogP contribution in [-0.4, -0.2) is 55.0 Å². The van der Waals surface area contributed by atoms with E-state index in [1.54, 1.807) is 19.1 Å². The first-order valence-electron chi connectivity index (χ1n) is 9.60. The molecular weight excluding hydrogens is 356 g/mol. The number of carbonyl (C=O) groups excluding carboxylic acids is 1. The number of piperazine rings is 1. The monoisotopic (exact) mass is 382 g/mol. The number of nitrogens with zero attached hydrogens (tertiary/aromatic N) is 3. The summed E-state index contributed by atoms with van der Waals surface area (Å²) in [6.45, 7) is 7.17. The average molecular weight is 382 g/mol. The van der Waals surface area contributed by atoms with E-state index in [2.05, 4.69) is 39.4 Å². The van der Waals surface area contributed by atoms with E-state index < -0.39 is 4.92 Å². The largest absolute Gasteiger partial charge is 0.369 e. The van der Waals surface area contributed by atoms with Gasteiger partial charge in [0.05, 0.1) is 4.92 Å². The second kappa shape index (κ2) is 9.32. The van der Waals surface area contributed by atoms with Gasteiger partial charge in [-0.2, -0.15) is 0 Å². The maximum atomic E-state index is 12.2. The molecule has 1 fully saturated rings. The molecule has 0 bridgehead atoms. The van der Waals surface area contributed by atoms with Gasteiger partial charge < -0.3 is 10.2 Å². The van der Waals surface area contributed by atoms with Crippen LogP contribution in [0.25, 0.3) is 0 Å². The van der Waals surface area contributed by atoms with Crippen LogP contribution in [0.5, 0.6) is 0 Å². The molecule has 7 nitrogen and oxygen atoms in total. The van der Waals surface area contributed by atoms with E-state index in [-0.39, 0.29) is 11.6 Å². The molecule has 1 aliphatic rings. The van der Waals surface area contributed by atoms with Gasteiger partial charge in [0.25, 0.3) is 11.6 Å². The lowest BCUT2D eigenvalue weighted by Gasteiger charge is -2.36. The van der Waals surface area contributed by atoms with Gasteiger partial charge in [0.15, 0.2) is 0 Å². The quantitative estimate of drug-likeness (QED) is 0.453. The fraction of sp³-hybridized carbons (Fsp3) is 0.381. The van der Waals surface area contributed by atoms with E-state index in [9.17, 15) is 14.9 Å². The predicted molar refractivity (Wildman–Crippen MR) is 110 cm³/mol. The summed E-state index contributed by atoms with van der Waals surface area (Å²) in [5.41, 5.74) is 2.12. The van der Waals surface area contributed by atoms with Crippen LogP contribution in [-0.2, 0) is 0 Å².